The lowest BCUT2D eigenvalue weighted by molar-refractivity contribution is 0.542. The molecular weight excluding hydrogens is 162 g/mol. The van der Waals surface area contributed by atoms with Crippen LogP contribution in [0.4, 0.5) is 0 Å². The van der Waals surface area contributed by atoms with E-state index in [1.807, 2.05) is 0 Å². The zero-order chi connectivity index (χ0) is 9.23. The van der Waals surface area contributed by atoms with Crippen LogP contribution in [-0.2, 0) is 14.4 Å². The van der Waals surface area contributed by atoms with Crippen LogP contribution in [-0.4, -0.2) is 31.0 Å². The van der Waals surface area contributed by atoms with Crippen LogP contribution in [0.1, 0.15) is 6.42 Å². The molecule has 0 aromatic heterocycles. The van der Waals surface area contributed by atoms with E-state index in [0.717, 1.165) is 0 Å². The molecule has 0 aromatic rings. The number of hydrogen-bond acceptors (Lipinski definition) is 6. The van der Waals surface area contributed by atoms with E-state index in [-0.39, 0.29) is 13.0 Å². The van der Waals surface area contributed by atoms with Crippen molar-refractivity contribution < 1.29 is 14.4 Å². The van der Waals surface area contributed by atoms with E-state index in [9.17, 15) is 14.4 Å². The summed E-state index contributed by atoms with van der Waals surface area (Å²) in [5.74, 6) is 0. The number of isocyanates is 3. The summed E-state index contributed by atoms with van der Waals surface area (Å²) in [4.78, 5) is 38.6. The predicted octanol–water partition coefficient (Wildman–Crippen LogP) is -0.290. The first kappa shape index (κ1) is 10.1. The maximum absolute atomic E-state index is 9.73. The van der Waals surface area contributed by atoms with Gasteiger partial charge in [0, 0.05) is 6.42 Å². The summed E-state index contributed by atoms with van der Waals surface area (Å²) in [6.07, 6.45) is 3.14. The van der Waals surface area contributed by atoms with Gasteiger partial charge in [-0.1, -0.05) is 0 Å². The van der Waals surface area contributed by atoms with Crippen LogP contribution in [0.3, 0.4) is 0 Å². The molecule has 0 atom stereocenters. The van der Waals surface area contributed by atoms with E-state index >= 15 is 0 Å². The Bertz CT molecular complexity index is 252. The molecule has 0 aliphatic heterocycles. The highest BCUT2D eigenvalue weighted by atomic mass is 16.1. The van der Waals surface area contributed by atoms with Crippen molar-refractivity contribution in [1.82, 2.24) is 0 Å². The Balaban J connectivity index is 4.03. The average molecular weight is 167 g/mol. The second-order valence-electron chi connectivity index (χ2n) is 1.68. The van der Waals surface area contributed by atoms with Gasteiger partial charge in [-0.25, -0.2) is 19.4 Å². The Labute approximate surface area is 67.7 Å². The summed E-state index contributed by atoms with van der Waals surface area (Å²) in [6, 6.07) is 0. The summed E-state index contributed by atoms with van der Waals surface area (Å²) in [5, 5.41) is 0. The van der Waals surface area contributed by atoms with E-state index in [1.54, 1.807) is 0 Å². The molecule has 6 heteroatoms. The number of carbonyl (C=O) groups excluding carboxylic acids is 3. The van der Waals surface area contributed by atoms with E-state index in [1.165, 1.54) is 18.2 Å². The highest BCUT2D eigenvalue weighted by molar-refractivity contribution is 5.37. The normalized spacial score (nSPS) is 10.0. The van der Waals surface area contributed by atoms with Gasteiger partial charge in [-0.05, 0) is 0 Å². The Hall–Kier alpha value is -1.86. The van der Waals surface area contributed by atoms with Crippen molar-refractivity contribution in [2.45, 2.75) is 12.6 Å². The summed E-state index contributed by atoms with van der Waals surface area (Å²) >= 11 is 0. The lowest BCUT2D eigenvalue weighted by Gasteiger charge is -1.96. The number of aliphatic imine (C=N–C) groups is 3. The van der Waals surface area contributed by atoms with Gasteiger partial charge in [0.25, 0.3) is 0 Å². The molecule has 6 nitrogen and oxygen atoms in total. The molecule has 0 rings (SSSR count). The van der Waals surface area contributed by atoms with Crippen LogP contribution in [0.15, 0.2) is 15.0 Å². The highest BCUT2D eigenvalue weighted by Crippen LogP contribution is 1.97. The average Bonchev–Trinajstić information content (AvgIpc) is 2.06. The van der Waals surface area contributed by atoms with Crippen molar-refractivity contribution in [2.75, 3.05) is 6.54 Å². The fourth-order valence-corrected chi connectivity index (χ4v) is 0.505. The minimum Gasteiger partial charge on any atom is -0.211 e. The molecular formula is C6H5N3O3. The predicted molar refractivity (Wildman–Crippen MR) is 37.6 cm³/mol. The molecule has 0 saturated heterocycles. The lowest BCUT2D eigenvalue weighted by atomic mass is 10.3. The van der Waals surface area contributed by atoms with Crippen LogP contribution < -0.4 is 0 Å². The van der Waals surface area contributed by atoms with Crippen molar-refractivity contribution in [3.63, 3.8) is 0 Å². The van der Waals surface area contributed by atoms with Gasteiger partial charge in [-0.3, -0.25) is 0 Å². The third-order valence-corrected chi connectivity index (χ3v) is 0.967. The molecule has 12 heavy (non-hydrogen) atoms. The Morgan fingerprint density at radius 3 is 2.00 bits per heavy atom. The molecule has 0 spiro atoms. The second kappa shape index (κ2) is 7.25. The zero-order valence-electron chi connectivity index (χ0n) is 6.06. The second-order valence-corrected chi connectivity index (χ2v) is 1.68. The van der Waals surface area contributed by atoms with E-state index in [2.05, 4.69) is 15.0 Å². The lowest BCUT2D eigenvalue weighted by Crippen LogP contribution is -2.01. The standard InChI is InChI=1S/C6H5N3O3/c10-3-7-2-1-6(8-4-11)9-5-12/h6H,1-2H2. The maximum Gasteiger partial charge on any atom is 0.237 e. The van der Waals surface area contributed by atoms with Crippen molar-refractivity contribution in [3.8, 4) is 0 Å². The van der Waals surface area contributed by atoms with E-state index in [4.69, 9.17) is 0 Å². The number of rotatable bonds is 5. The van der Waals surface area contributed by atoms with Gasteiger partial charge in [-0.2, -0.15) is 9.98 Å². The van der Waals surface area contributed by atoms with Crippen LogP contribution in [0, 0.1) is 0 Å². The van der Waals surface area contributed by atoms with Gasteiger partial charge in [0.05, 0.1) is 6.54 Å². The van der Waals surface area contributed by atoms with Crippen molar-refractivity contribution in [1.29, 1.82) is 0 Å². The van der Waals surface area contributed by atoms with Crippen LogP contribution in [0.2, 0.25) is 0 Å². The largest absolute Gasteiger partial charge is 0.237 e. The number of nitrogens with zero attached hydrogens (tertiary/aromatic N) is 3. The minimum atomic E-state index is -0.836. The fourth-order valence-electron chi connectivity index (χ4n) is 0.505. The Kier molecular flexibility index (Phi) is 6.13. The highest BCUT2D eigenvalue weighted by Gasteiger charge is 2.01. The van der Waals surface area contributed by atoms with Crippen molar-refractivity contribution >= 4 is 18.2 Å². The summed E-state index contributed by atoms with van der Waals surface area (Å²) in [7, 11) is 0. The maximum atomic E-state index is 9.73. The van der Waals surface area contributed by atoms with Gasteiger partial charge in [0.15, 0.2) is 6.17 Å². The molecule has 0 radical (unpaired) electrons. The number of hydrogen-bond donors (Lipinski definition) is 0. The molecule has 0 unspecified atom stereocenters. The first-order valence-corrected chi connectivity index (χ1v) is 3.02. The fraction of sp³-hybridized carbons (Fsp3) is 0.500. The molecule has 0 amide bonds. The molecule has 0 fully saturated rings. The van der Waals surface area contributed by atoms with Gasteiger partial charge in [0.1, 0.15) is 0 Å². The van der Waals surface area contributed by atoms with Crippen molar-refractivity contribution in [2.24, 2.45) is 15.0 Å². The van der Waals surface area contributed by atoms with Crippen molar-refractivity contribution in [3.05, 3.63) is 0 Å². The summed E-state index contributed by atoms with van der Waals surface area (Å²) in [6.45, 7) is 0.116. The van der Waals surface area contributed by atoms with Gasteiger partial charge < -0.3 is 0 Å². The summed E-state index contributed by atoms with van der Waals surface area (Å²) in [5.41, 5.74) is 0. The Morgan fingerprint density at radius 2 is 1.58 bits per heavy atom. The molecule has 0 aromatic carbocycles. The topological polar surface area (TPSA) is 88.3 Å². The SMILES string of the molecule is O=C=NCCC(N=C=O)N=C=O. The first-order chi connectivity index (χ1) is 5.85. The minimum absolute atomic E-state index is 0.116. The molecule has 0 saturated carbocycles. The van der Waals surface area contributed by atoms with E-state index < -0.39 is 6.17 Å². The molecule has 0 aliphatic rings. The van der Waals surface area contributed by atoms with Gasteiger partial charge in [-0.15, -0.1) is 0 Å². The monoisotopic (exact) mass is 167 g/mol. The molecule has 62 valence electrons. The first-order valence-electron chi connectivity index (χ1n) is 3.02. The third-order valence-electron chi connectivity index (χ3n) is 0.967. The Morgan fingerprint density at radius 1 is 1.00 bits per heavy atom. The molecule has 0 aliphatic carbocycles. The van der Waals surface area contributed by atoms with Gasteiger partial charge >= 0.3 is 0 Å². The van der Waals surface area contributed by atoms with Crippen LogP contribution in [0.25, 0.3) is 0 Å². The van der Waals surface area contributed by atoms with E-state index in [0.29, 0.717) is 0 Å². The zero-order valence-corrected chi connectivity index (χ0v) is 6.06. The third kappa shape index (κ3) is 4.97. The smallest absolute Gasteiger partial charge is 0.211 e. The van der Waals surface area contributed by atoms with Crippen LogP contribution >= 0.6 is 0 Å². The summed E-state index contributed by atoms with van der Waals surface area (Å²) < 4.78 is 0. The molecule has 0 heterocycles. The van der Waals surface area contributed by atoms with Crippen LogP contribution in [0.5, 0.6) is 0 Å². The van der Waals surface area contributed by atoms with Gasteiger partial charge in [0.2, 0.25) is 18.2 Å². The quantitative estimate of drug-likeness (QED) is 0.416. The molecule has 0 N–H and O–H groups in total. The molecule has 0 bridgehead atoms.